The normalized spacial score (nSPS) is 19.8. The molecule has 0 amide bonds. The molecule has 0 saturated heterocycles. The fraction of sp³-hybridized carbons (Fsp3) is 0.120. The predicted molar refractivity (Wildman–Crippen MR) is 112 cm³/mol. The maximum absolute atomic E-state index is 12.4. The van der Waals surface area contributed by atoms with Crippen LogP contribution in [0.25, 0.3) is 0 Å². The maximum atomic E-state index is 12.4. The highest BCUT2D eigenvalue weighted by Gasteiger charge is 2.59. The molecule has 4 aromatic rings. The molecule has 2 heterocycles. The van der Waals surface area contributed by atoms with E-state index in [1.807, 2.05) is 83.9 Å². The Balaban J connectivity index is 0.00000218. The lowest BCUT2D eigenvalue weighted by atomic mass is 9.89. The molecule has 5 rings (SSSR count). The third kappa shape index (κ3) is 3.30. The molecular formula is C25H22BrN3O. The van der Waals surface area contributed by atoms with Crippen molar-refractivity contribution in [3.8, 4) is 0 Å². The zero-order valence-electron chi connectivity index (χ0n) is 16.3. The average Bonchev–Trinajstić information content (AvgIpc) is 3.05. The zero-order valence-corrected chi connectivity index (χ0v) is 17.9. The number of aliphatic hydroxyl groups is 1. The van der Waals surface area contributed by atoms with Gasteiger partial charge in [0.25, 0.3) is 5.72 Å². The van der Waals surface area contributed by atoms with Gasteiger partial charge in [0, 0.05) is 11.6 Å². The fourth-order valence-corrected chi connectivity index (χ4v) is 4.26. The van der Waals surface area contributed by atoms with Crippen LogP contribution in [0.2, 0.25) is 0 Å². The number of hydrogen-bond acceptors (Lipinski definition) is 3. The van der Waals surface area contributed by atoms with Crippen molar-refractivity contribution in [2.75, 3.05) is 4.90 Å². The summed E-state index contributed by atoms with van der Waals surface area (Å²) in [5, 5.41) is 12.4. The lowest BCUT2D eigenvalue weighted by Gasteiger charge is -2.33. The zero-order chi connectivity index (χ0) is 19.7. The van der Waals surface area contributed by atoms with Crippen LogP contribution in [0.4, 0.5) is 5.95 Å². The molecule has 30 heavy (non-hydrogen) atoms. The Morgan fingerprint density at radius 2 is 1.43 bits per heavy atom. The van der Waals surface area contributed by atoms with Gasteiger partial charge < -0.3 is 22.1 Å². The smallest absolute Gasteiger partial charge is 0.397 e. The summed E-state index contributed by atoms with van der Waals surface area (Å²) in [4.78, 5) is 6.67. The largest absolute Gasteiger partial charge is 1.00 e. The highest BCUT2D eigenvalue weighted by molar-refractivity contribution is 5.44. The Labute approximate surface area is 186 Å². The Bertz CT molecular complexity index is 1110. The van der Waals surface area contributed by atoms with E-state index in [4.69, 9.17) is 0 Å². The van der Waals surface area contributed by atoms with Crippen molar-refractivity contribution in [3.63, 3.8) is 0 Å². The third-order valence-corrected chi connectivity index (χ3v) is 5.56. The van der Waals surface area contributed by atoms with Crippen molar-refractivity contribution < 1.29 is 26.7 Å². The second-order valence-electron chi connectivity index (χ2n) is 7.30. The predicted octanol–water partition coefficient (Wildman–Crippen LogP) is 0.828. The molecule has 4 nitrogen and oxygen atoms in total. The summed E-state index contributed by atoms with van der Waals surface area (Å²) in [7, 11) is 0. The van der Waals surface area contributed by atoms with Crippen LogP contribution >= 0.6 is 0 Å². The van der Waals surface area contributed by atoms with Crippen molar-refractivity contribution in [1.82, 2.24) is 4.98 Å². The van der Waals surface area contributed by atoms with Crippen LogP contribution in [-0.4, -0.2) is 10.1 Å². The summed E-state index contributed by atoms with van der Waals surface area (Å²) in [5.74, 6) is 0.747. The van der Waals surface area contributed by atoms with E-state index in [9.17, 15) is 5.11 Å². The van der Waals surface area contributed by atoms with E-state index in [0.717, 1.165) is 22.6 Å². The second kappa shape index (κ2) is 8.38. The van der Waals surface area contributed by atoms with Crippen LogP contribution in [0, 0.1) is 0 Å². The molecule has 150 valence electrons. The summed E-state index contributed by atoms with van der Waals surface area (Å²) < 4.78 is 2.07. The van der Waals surface area contributed by atoms with Crippen LogP contribution < -0.4 is 26.4 Å². The standard InChI is InChI=1S/C25H22N3O.BrH/c29-25(22-15-8-3-9-16-22)23(21-13-6-2-7-14-21)27-18-10-17-26-24(27)28(25)19-20-11-4-1-5-12-20;/h1-18,23,29H,19H2;1H/q+1;/p-1. The van der Waals surface area contributed by atoms with E-state index in [0.29, 0.717) is 6.54 Å². The van der Waals surface area contributed by atoms with E-state index in [1.54, 1.807) is 6.20 Å². The van der Waals surface area contributed by atoms with Gasteiger partial charge in [-0.25, -0.2) is 9.47 Å². The van der Waals surface area contributed by atoms with Gasteiger partial charge in [-0.1, -0.05) is 96.0 Å². The van der Waals surface area contributed by atoms with Gasteiger partial charge in [-0.2, -0.15) is 0 Å². The number of aromatic nitrogens is 2. The van der Waals surface area contributed by atoms with Gasteiger partial charge in [0.1, 0.15) is 6.20 Å². The molecule has 1 aliphatic heterocycles. The number of hydrogen-bond donors (Lipinski definition) is 1. The minimum absolute atomic E-state index is 0. The first-order chi connectivity index (χ1) is 14.3. The number of fused-ring (bicyclic) bond motifs is 1. The highest BCUT2D eigenvalue weighted by atomic mass is 79.9. The summed E-state index contributed by atoms with van der Waals surface area (Å²) in [6, 6.07) is 31.8. The summed E-state index contributed by atoms with van der Waals surface area (Å²) in [6.07, 6.45) is 3.78. The Morgan fingerprint density at radius 3 is 2.10 bits per heavy atom. The van der Waals surface area contributed by atoms with Crippen molar-refractivity contribution >= 4 is 5.95 Å². The Morgan fingerprint density at radius 1 is 0.833 bits per heavy atom. The molecular weight excluding hydrogens is 438 g/mol. The minimum atomic E-state index is -1.28. The molecule has 0 aliphatic carbocycles. The van der Waals surface area contributed by atoms with Crippen LogP contribution in [-0.2, 0) is 12.3 Å². The van der Waals surface area contributed by atoms with Gasteiger partial charge in [-0.15, -0.1) is 0 Å². The molecule has 1 aromatic heterocycles. The molecule has 0 spiro atoms. The van der Waals surface area contributed by atoms with Gasteiger partial charge in [0.15, 0.2) is 6.04 Å². The number of benzene rings is 3. The Hall–Kier alpha value is -3.02. The SMILES string of the molecule is OC1(c2ccccc2)C(c2ccccc2)[n+]2cccnc2N1Cc1ccccc1.[Br-]. The molecule has 0 radical (unpaired) electrons. The molecule has 2 unspecified atom stereocenters. The van der Waals surface area contributed by atoms with Crippen molar-refractivity contribution in [2.24, 2.45) is 0 Å². The van der Waals surface area contributed by atoms with E-state index >= 15 is 0 Å². The lowest BCUT2D eigenvalue weighted by Crippen LogP contribution is -3.00. The van der Waals surface area contributed by atoms with Crippen LogP contribution in [0.5, 0.6) is 0 Å². The number of nitrogens with zero attached hydrogens (tertiary/aromatic N) is 3. The van der Waals surface area contributed by atoms with E-state index in [-0.39, 0.29) is 23.0 Å². The van der Waals surface area contributed by atoms with Gasteiger partial charge in [-0.3, -0.25) is 0 Å². The fourth-order valence-electron chi connectivity index (χ4n) is 4.26. The first kappa shape index (κ1) is 20.3. The van der Waals surface area contributed by atoms with Gasteiger partial charge >= 0.3 is 5.95 Å². The minimum Gasteiger partial charge on any atom is -1.00 e. The second-order valence-corrected chi connectivity index (χ2v) is 7.30. The molecule has 3 aromatic carbocycles. The molecule has 0 bridgehead atoms. The lowest BCUT2D eigenvalue weighted by molar-refractivity contribution is -0.703. The topological polar surface area (TPSA) is 40.2 Å². The first-order valence-electron chi connectivity index (χ1n) is 9.79. The molecule has 1 aliphatic rings. The molecule has 5 heteroatoms. The van der Waals surface area contributed by atoms with Crippen molar-refractivity contribution in [2.45, 2.75) is 18.3 Å². The Kier molecular flexibility index (Phi) is 5.66. The van der Waals surface area contributed by atoms with E-state index in [1.165, 1.54) is 0 Å². The monoisotopic (exact) mass is 459 g/mol. The number of rotatable bonds is 4. The van der Waals surface area contributed by atoms with Gasteiger partial charge in [0.05, 0.1) is 12.7 Å². The number of anilines is 1. The van der Waals surface area contributed by atoms with Gasteiger partial charge in [0.2, 0.25) is 0 Å². The average molecular weight is 460 g/mol. The van der Waals surface area contributed by atoms with Crippen LogP contribution in [0.1, 0.15) is 22.7 Å². The van der Waals surface area contributed by atoms with Crippen LogP contribution in [0.3, 0.4) is 0 Å². The first-order valence-corrected chi connectivity index (χ1v) is 9.79. The van der Waals surface area contributed by atoms with Crippen LogP contribution in [0.15, 0.2) is 109 Å². The number of halogens is 1. The third-order valence-electron chi connectivity index (χ3n) is 5.56. The van der Waals surface area contributed by atoms with Crippen molar-refractivity contribution in [3.05, 3.63) is 126 Å². The molecule has 0 saturated carbocycles. The molecule has 1 N–H and O–H groups in total. The maximum Gasteiger partial charge on any atom is 0.397 e. The van der Waals surface area contributed by atoms with Gasteiger partial charge in [-0.05, 0) is 11.1 Å². The van der Waals surface area contributed by atoms with Crippen molar-refractivity contribution in [1.29, 1.82) is 0 Å². The summed E-state index contributed by atoms with van der Waals surface area (Å²) in [6.45, 7) is 0.548. The van der Waals surface area contributed by atoms with E-state index < -0.39 is 5.72 Å². The quantitative estimate of drug-likeness (QED) is 0.459. The summed E-state index contributed by atoms with van der Waals surface area (Å²) in [5.41, 5.74) is 1.72. The summed E-state index contributed by atoms with van der Waals surface area (Å²) >= 11 is 0. The molecule has 0 fully saturated rings. The molecule has 2 atom stereocenters. The highest BCUT2D eigenvalue weighted by Crippen LogP contribution is 2.45. The van der Waals surface area contributed by atoms with E-state index in [2.05, 4.69) is 33.8 Å².